The maximum atomic E-state index is 13.2. The molecule has 4 aliphatic rings. The molecule has 26 heavy (non-hydrogen) atoms. The number of likely N-dealkylation sites (tertiary alicyclic amines) is 1. The second-order valence-electron chi connectivity index (χ2n) is 9.11. The molecule has 0 aromatic carbocycles. The maximum absolute atomic E-state index is 13.2. The van der Waals surface area contributed by atoms with E-state index in [1.807, 2.05) is 0 Å². The van der Waals surface area contributed by atoms with Crippen LogP contribution >= 0.6 is 0 Å². The van der Waals surface area contributed by atoms with Gasteiger partial charge in [0.1, 0.15) is 0 Å². The third-order valence-corrected chi connectivity index (χ3v) is 7.01. The predicted molar refractivity (Wildman–Crippen MR) is 98.8 cm³/mol. The number of carbonyl (C=O) groups excluding carboxylic acids is 1. The van der Waals surface area contributed by atoms with Crippen LogP contribution in [0.15, 0.2) is 12.2 Å². The first-order valence-electron chi connectivity index (χ1n) is 10.3. The van der Waals surface area contributed by atoms with Gasteiger partial charge in [-0.25, -0.2) is 0 Å². The molecule has 0 bridgehead atoms. The topological polar surface area (TPSA) is 48.0 Å². The van der Waals surface area contributed by atoms with Crippen LogP contribution < -0.4 is 0 Å². The van der Waals surface area contributed by atoms with Crippen LogP contribution in [0.4, 0.5) is 0 Å². The Labute approximate surface area is 157 Å². The standard InChI is InChI=1S/C21H33NO4/c1-20(7-3-2-4-8-20)19(23)22-11-18-13-26-16-21(18,14-22)15-25-12-17-5-9-24-10-6-17/h2-3,17-18H,4-16H2,1H3/t18-,20?,21-/m1/s1. The number of hydrogen-bond acceptors (Lipinski definition) is 4. The molecule has 146 valence electrons. The number of ether oxygens (including phenoxy) is 3. The van der Waals surface area contributed by atoms with Crippen LogP contribution in [0.1, 0.15) is 39.0 Å². The molecule has 3 fully saturated rings. The fourth-order valence-electron chi connectivity index (χ4n) is 5.07. The summed E-state index contributed by atoms with van der Waals surface area (Å²) in [4.78, 5) is 15.3. The minimum atomic E-state index is -0.224. The van der Waals surface area contributed by atoms with Crippen molar-refractivity contribution in [3.63, 3.8) is 0 Å². The molecule has 0 aromatic rings. The number of carbonyl (C=O) groups is 1. The van der Waals surface area contributed by atoms with Gasteiger partial charge in [0.05, 0.1) is 25.2 Å². The van der Waals surface area contributed by atoms with Gasteiger partial charge in [0.25, 0.3) is 0 Å². The van der Waals surface area contributed by atoms with E-state index in [2.05, 4.69) is 24.0 Å². The van der Waals surface area contributed by atoms with Gasteiger partial charge in [0.2, 0.25) is 5.91 Å². The van der Waals surface area contributed by atoms with Crippen LogP contribution in [0.25, 0.3) is 0 Å². The van der Waals surface area contributed by atoms with Crippen LogP contribution in [-0.4, -0.2) is 63.5 Å². The van der Waals surface area contributed by atoms with E-state index in [1.54, 1.807) is 0 Å². The number of fused-ring (bicyclic) bond motifs is 1. The number of nitrogens with zero attached hydrogens (tertiary/aromatic N) is 1. The molecule has 3 saturated heterocycles. The van der Waals surface area contributed by atoms with Crippen molar-refractivity contribution in [3.8, 4) is 0 Å². The lowest BCUT2D eigenvalue weighted by Gasteiger charge is -2.35. The van der Waals surface area contributed by atoms with Gasteiger partial charge in [-0.2, -0.15) is 0 Å². The zero-order valence-electron chi connectivity index (χ0n) is 16.1. The quantitative estimate of drug-likeness (QED) is 0.705. The second kappa shape index (κ2) is 7.61. The lowest BCUT2D eigenvalue weighted by atomic mass is 9.77. The van der Waals surface area contributed by atoms with Gasteiger partial charge in [0, 0.05) is 44.2 Å². The minimum absolute atomic E-state index is 0.00168. The molecule has 1 amide bonds. The molecule has 5 heteroatoms. The molecular weight excluding hydrogens is 330 g/mol. The Bertz CT molecular complexity index is 544. The van der Waals surface area contributed by atoms with Gasteiger partial charge >= 0.3 is 0 Å². The van der Waals surface area contributed by atoms with Gasteiger partial charge in [-0.3, -0.25) is 4.79 Å². The van der Waals surface area contributed by atoms with Gasteiger partial charge in [-0.1, -0.05) is 19.1 Å². The van der Waals surface area contributed by atoms with Gasteiger partial charge in [-0.15, -0.1) is 0 Å². The third-order valence-electron chi connectivity index (χ3n) is 7.01. The summed E-state index contributed by atoms with van der Waals surface area (Å²) in [6, 6.07) is 0. The summed E-state index contributed by atoms with van der Waals surface area (Å²) in [5.41, 5.74) is -0.222. The van der Waals surface area contributed by atoms with Crippen molar-refractivity contribution in [2.75, 3.05) is 52.7 Å². The SMILES string of the molecule is CC1(C(=O)N2C[C@@H]3COC[C@]3(COCC3CCOCC3)C2)CC=CCC1. The lowest BCUT2D eigenvalue weighted by Crippen LogP contribution is -2.44. The average Bonchev–Trinajstić information content (AvgIpc) is 3.20. The van der Waals surface area contributed by atoms with E-state index >= 15 is 0 Å². The minimum Gasteiger partial charge on any atom is -0.381 e. The molecule has 1 aliphatic carbocycles. The van der Waals surface area contributed by atoms with Crippen molar-refractivity contribution in [3.05, 3.63) is 12.2 Å². The molecule has 3 aliphatic heterocycles. The molecule has 3 heterocycles. The first-order valence-corrected chi connectivity index (χ1v) is 10.3. The molecule has 0 saturated carbocycles. The normalized spacial score (nSPS) is 37.9. The molecule has 5 nitrogen and oxygen atoms in total. The zero-order chi connectivity index (χ0) is 18.0. The van der Waals surface area contributed by atoms with Crippen molar-refractivity contribution in [1.82, 2.24) is 4.90 Å². The highest BCUT2D eigenvalue weighted by Crippen LogP contribution is 2.44. The Kier molecular flexibility index (Phi) is 5.40. The van der Waals surface area contributed by atoms with E-state index in [0.29, 0.717) is 17.7 Å². The van der Waals surface area contributed by atoms with Crippen molar-refractivity contribution in [2.24, 2.45) is 22.7 Å². The molecule has 0 radical (unpaired) electrons. The summed E-state index contributed by atoms with van der Waals surface area (Å²) in [6.07, 6.45) is 9.43. The Morgan fingerprint density at radius 2 is 2.12 bits per heavy atom. The maximum Gasteiger partial charge on any atom is 0.228 e. The predicted octanol–water partition coefficient (Wildman–Crippen LogP) is 2.65. The summed E-state index contributed by atoms with van der Waals surface area (Å²) >= 11 is 0. The molecule has 0 aromatic heterocycles. The average molecular weight is 363 g/mol. The number of allylic oxidation sites excluding steroid dienone is 2. The highest BCUT2D eigenvalue weighted by molar-refractivity contribution is 5.83. The van der Waals surface area contributed by atoms with Crippen molar-refractivity contribution < 1.29 is 19.0 Å². The van der Waals surface area contributed by atoms with Gasteiger partial charge in [0.15, 0.2) is 0 Å². The highest BCUT2D eigenvalue weighted by Gasteiger charge is 2.53. The zero-order valence-corrected chi connectivity index (χ0v) is 16.1. The van der Waals surface area contributed by atoms with E-state index in [0.717, 1.165) is 84.8 Å². The molecular formula is C21H33NO4. The summed E-state index contributed by atoms with van der Waals surface area (Å²) < 4.78 is 17.4. The fourth-order valence-corrected chi connectivity index (χ4v) is 5.07. The van der Waals surface area contributed by atoms with Crippen LogP contribution in [0.3, 0.4) is 0 Å². The Morgan fingerprint density at radius 3 is 2.88 bits per heavy atom. The molecule has 1 unspecified atom stereocenters. The first kappa shape index (κ1) is 18.5. The van der Waals surface area contributed by atoms with Crippen LogP contribution in [0, 0.1) is 22.7 Å². The Morgan fingerprint density at radius 1 is 1.27 bits per heavy atom. The first-order chi connectivity index (χ1) is 12.6. The van der Waals surface area contributed by atoms with Crippen molar-refractivity contribution in [2.45, 2.75) is 39.0 Å². The largest absolute Gasteiger partial charge is 0.381 e. The van der Waals surface area contributed by atoms with Crippen LogP contribution in [0.2, 0.25) is 0 Å². The second-order valence-corrected chi connectivity index (χ2v) is 9.11. The monoisotopic (exact) mass is 363 g/mol. The van der Waals surface area contributed by atoms with E-state index in [9.17, 15) is 4.79 Å². The summed E-state index contributed by atoms with van der Waals surface area (Å²) in [6.45, 7) is 8.51. The Hall–Kier alpha value is -0.910. The van der Waals surface area contributed by atoms with Crippen LogP contribution in [-0.2, 0) is 19.0 Å². The number of amides is 1. The van der Waals surface area contributed by atoms with E-state index in [1.165, 1.54) is 0 Å². The molecule has 0 spiro atoms. The van der Waals surface area contributed by atoms with E-state index in [-0.39, 0.29) is 10.8 Å². The van der Waals surface area contributed by atoms with Crippen molar-refractivity contribution >= 4 is 5.91 Å². The van der Waals surface area contributed by atoms with Gasteiger partial charge < -0.3 is 19.1 Å². The van der Waals surface area contributed by atoms with E-state index in [4.69, 9.17) is 14.2 Å². The lowest BCUT2D eigenvalue weighted by molar-refractivity contribution is -0.141. The van der Waals surface area contributed by atoms with Gasteiger partial charge in [-0.05, 0) is 38.0 Å². The molecule has 0 N–H and O–H groups in total. The number of rotatable bonds is 5. The Balaban J connectivity index is 1.35. The summed E-state index contributed by atoms with van der Waals surface area (Å²) in [5.74, 6) is 1.37. The molecule has 4 rings (SSSR count). The van der Waals surface area contributed by atoms with E-state index < -0.39 is 0 Å². The number of hydrogen-bond donors (Lipinski definition) is 0. The third kappa shape index (κ3) is 3.58. The molecule has 3 atom stereocenters. The summed E-state index contributed by atoms with van der Waals surface area (Å²) in [7, 11) is 0. The summed E-state index contributed by atoms with van der Waals surface area (Å²) in [5, 5.41) is 0. The van der Waals surface area contributed by atoms with Crippen molar-refractivity contribution in [1.29, 1.82) is 0 Å². The smallest absolute Gasteiger partial charge is 0.228 e. The fraction of sp³-hybridized carbons (Fsp3) is 0.857. The highest BCUT2D eigenvalue weighted by atomic mass is 16.5. The van der Waals surface area contributed by atoms with Crippen LogP contribution in [0.5, 0.6) is 0 Å².